The van der Waals surface area contributed by atoms with E-state index in [-0.39, 0.29) is 28.4 Å². The molecule has 1 atom stereocenters. The van der Waals surface area contributed by atoms with Gasteiger partial charge in [0.25, 0.3) is 5.91 Å². The minimum atomic E-state index is -4.57. The van der Waals surface area contributed by atoms with Crippen LogP contribution in [-0.2, 0) is 19.8 Å². The molecule has 2 N–H and O–H groups in total. The van der Waals surface area contributed by atoms with Gasteiger partial charge in [-0.3, -0.25) is 4.79 Å². The molecule has 41 heavy (non-hydrogen) atoms. The number of rotatable bonds is 9. The van der Waals surface area contributed by atoms with E-state index in [9.17, 15) is 32.3 Å². The van der Waals surface area contributed by atoms with Gasteiger partial charge in [0, 0.05) is 24.5 Å². The third-order valence-corrected chi connectivity index (χ3v) is 6.52. The molecule has 4 rings (SSSR count). The number of hydrogen-bond acceptors (Lipinski definition) is 6. The van der Waals surface area contributed by atoms with Crippen LogP contribution in [-0.4, -0.2) is 33.0 Å². The number of nitrogens with zero attached hydrogens (tertiary/aromatic N) is 3. The van der Waals surface area contributed by atoms with Crippen LogP contribution in [0.4, 0.5) is 26.7 Å². The fourth-order valence-electron chi connectivity index (χ4n) is 3.88. The highest BCUT2D eigenvalue weighted by atomic mass is 79.9. The molecule has 2 aromatic heterocycles. The highest BCUT2D eigenvalue weighted by Crippen LogP contribution is 2.36. The van der Waals surface area contributed by atoms with E-state index in [1.165, 1.54) is 0 Å². The Labute approximate surface area is 237 Å². The molecular weight excluding hydrogens is 623 g/mol. The van der Waals surface area contributed by atoms with E-state index in [4.69, 9.17) is 14.9 Å². The van der Waals surface area contributed by atoms with Gasteiger partial charge < -0.3 is 34.3 Å². The Morgan fingerprint density at radius 3 is 2.41 bits per heavy atom. The number of hydrogen-bond donors (Lipinski definition) is 1. The molecule has 0 radical (unpaired) electrons. The SMILES string of the molecule is Cn1cccc1CN(CC(Oc1ccc(F)c(C(N)=O)c1F)c1nc(-c2ccc(C(F)(F)F)cc2)c(Br)o1)C(=O)[O-]. The Hall–Kier alpha value is -4.40. The van der Waals surface area contributed by atoms with E-state index in [1.54, 1.807) is 29.9 Å². The molecule has 4 aromatic rings. The molecule has 2 aromatic carbocycles. The summed E-state index contributed by atoms with van der Waals surface area (Å²) in [5.74, 6) is -5.10. The van der Waals surface area contributed by atoms with Crippen LogP contribution in [0.3, 0.4) is 0 Å². The average Bonchev–Trinajstić information content (AvgIpc) is 3.48. The minimum absolute atomic E-state index is 0.0298. The second-order valence-corrected chi connectivity index (χ2v) is 9.43. The van der Waals surface area contributed by atoms with Gasteiger partial charge in [-0.05, 0) is 52.3 Å². The van der Waals surface area contributed by atoms with Crippen LogP contribution in [0.15, 0.2) is 63.8 Å². The van der Waals surface area contributed by atoms with Crippen LogP contribution in [0, 0.1) is 11.6 Å². The molecule has 15 heteroatoms. The molecule has 216 valence electrons. The number of nitrogens with two attached hydrogens (primary N) is 1. The Morgan fingerprint density at radius 1 is 1.17 bits per heavy atom. The maximum atomic E-state index is 15.0. The Bertz CT molecular complexity index is 1590. The zero-order chi connectivity index (χ0) is 30.1. The predicted molar refractivity (Wildman–Crippen MR) is 134 cm³/mol. The van der Waals surface area contributed by atoms with Crippen LogP contribution in [0.2, 0.25) is 0 Å². The van der Waals surface area contributed by atoms with Crippen molar-refractivity contribution in [2.24, 2.45) is 12.8 Å². The molecule has 0 fully saturated rings. The van der Waals surface area contributed by atoms with Crippen LogP contribution < -0.4 is 15.6 Å². The average molecular weight is 642 g/mol. The fraction of sp³-hybridized carbons (Fsp3) is 0.192. The van der Waals surface area contributed by atoms with E-state index in [0.29, 0.717) is 5.69 Å². The normalized spacial score (nSPS) is 12.3. The van der Waals surface area contributed by atoms with Crippen LogP contribution in [0.1, 0.15) is 33.6 Å². The number of ether oxygens (including phenoxy) is 1. The number of benzene rings is 2. The maximum Gasteiger partial charge on any atom is 0.416 e. The summed E-state index contributed by atoms with van der Waals surface area (Å²) in [6, 6.07) is 8.88. The van der Waals surface area contributed by atoms with Gasteiger partial charge in [0.1, 0.15) is 23.2 Å². The van der Waals surface area contributed by atoms with Gasteiger partial charge >= 0.3 is 6.18 Å². The van der Waals surface area contributed by atoms with Crippen molar-refractivity contribution >= 4 is 27.9 Å². The Morgan fingerprint density at radius 2 is 1.85 bits per heavy atom. The van der Waals surface area contributed by atoms with Crippen molar-refractivity contribution in [1.82, 2.24) is 14.5 Å². The lowest BCUT2D eigenvalue weighted by atomic mass is 10.1. The second kappa shape index (κ2) is 11.6. The first-order valence-corrected chi connectivity index (χ1v) is 12.4. The first kappa shape index (κ1) is 29.6. The van der Waals surface area contributed by atoms with Crippen molar-refractivity contribution in [3.8, 4) is 17.0 Å². The largest absolute Gasteiger partial charge is 0.530 e. The summed E-state index contributed by atoms with van der Waals surface area (Å²) < 4.78 is 80.9. The van der Waals surface area contributed by atoms with Crippen LogP contribution >= 0.6 is 15.9 Å². The minimum Gasteiger partial charge on any atom is -0.530 e. The lowest BCUT2D eigenvalue weighted by Crippen LogP contribution is -2.44. The molecule has 0 spiro atoms. The molecule has 1 unspecified atom stereocenters. The molecular formula is C26H19BrF5N4O5-. The third-order valence-electron chi connectivity index (χ3n) is 5.98. The van der Waals surface area contributed by atoms with Gasteiger partial charge in [-0.2, -0.15) is 13.2 Å². The van der Waals surface area contributed by atoms with Crippen molar-refractivity contribution in [3.63, 3.8) is 0 Å². The van der Waals surface area contributed by atoms with Crippen molar-refractivity contribution in [3.05, 3.63) is 93.7 Å². The first-order chi connectivity index (χ1) is 19.3. The summed E-state index contributed by atoms with van der Waals surface area (Å²) in [5, 5.41) is 12.0. The van der Waals surface area contributed by atoms with E-state index in [2.05, 4.69) is 20.9 Å². The molecule has 0 saturated carbocycles. The third kappa shape index (κ3) is 6.51. The molecule has 0 aliphatic heterocycles. The van der Waals surface area contributed by atoms with Gasteiger partial charge in [0.05, 0.1) is 18.7 Å². The Balaban J connectivity index is 1.74. The van der Waals surface area contributed by atoms with Gasteiger partial charge in [-0.25, -0.2) is 13.8 Å². The topological polar surface area (TPSA) is 127 Å². The smallest absolute Gasteiger partial charge is 0.416 e. The zero-order valence-corrected chi connectivity index (χ0v) is 22.5. The highest BCUT2D eigenvalue weighted by Gasteiger charge is 2.31. The first-order valence-electron chi connectivity index (χ1n) is 11.6. The number of halogens is 6. The highest BCUT2D eigenvalue weighted by molar-refractivity contribution is 9.10. The molecule has 0 saturated heterocycles. The van der Waals surface area contributed by atoms with E-state index < -0.39 is 59.3 Å². The monoisotopic (exact) mass is 641 g/mol. The van der Waals surface area contributed by atoms with Gasteiger partial charge in [0.15, 0.2) is 22.3 Å². The molecule has 2 amide bonds. The van der Waals surface area contributed by atoms with Gasteiger partial charge in [-0.1, -0.05) is 12.1 Å². The molecule has 0 bridgehead atoms. The summed E-state index contributed by atoms with van der Waals surface area (Å²) in [5.41, 5.74) is 3.88. The lowest BCUT2D eigenvalue weighted by Gasteiger charge is -2.29. The summed E-state index contributed by atoms with van der Waals surface area (Å²) in [4.78, 5) is 28.7. The van der Waals surface area contributed by atoms with Crippen molar-refractivity contribution < 1.29 is 45.8 Å². The summed E-state index contributed by atoms with van der Waals surface area (Å²) in [7, 11) is 1.68. The van der Waals surface area contributed by atoms with E-state index in [1.807, 2.05) is 0 Å². The number of carboxylic acid groups (broad SMARTS) is 1. The lowest BCUT2D eigenvalue weighted by molar-refractivity contribution is -0.267. The number of aryl methyl sites for hydroxylation is 1. The maximum absolute atomic E-state index is 15.0. The van der Waals surface area contributed by atoms with Crippen LogP contribution in [0.5, 0.6) is 5.75 Å². The zero-order valence-electron chi connectivity index (χ0n) is 20.9. The van der Waals surface area contributed by atoms with Crippen molar-refractivity contribution in [2.75, 3.05) is 6.54 Å². The summed E-state index contributed by atoms with van der Waals surface area (Å²) in [6.45, 7) is -0.757. The molecule has 2 heterocycles. The van der Waals surface area contributed by atoms with E-state index in [0.717, 1.165) is 41.3 Å². The van der Waals surface area contributed by atoms with Crippen LogP contribution in [0.25, 0.3) is 11.3 Å². The number of carbonyl (C=O) groups excluding carboxylic acids is 2. The fourth-order valence-corrected chi connectivity index (χ4v) is 4.36. The molecule has 0 aliphatic rings. The predicted octanol–water partition coefficient (Wildman–Crippen LogP) is 4.80. The second-order valence-electron chi connectivity index (χ2n) is 8.71. The number of aromatic nitrogens is 2. The van der Waals surface area contributed by atoms with Gasteiger partial charge in [-0.15, -0.1) is 0 Å². The number of carbonyl (C=O) groups is 2. The number of primary amides is 1. The van der Waals surface area contributed by atoms with E-state index >= 15 is 4.39 Å². The summed E-state index contributed by atoms with van der Waals surface area (Å²) >= 11 is 3.14. The molecule has 0 aliphatic carbocycles. The van der Waals surface area contributed by atoms with Gasteiger partial charge in [0.2, 0.25) is 5.89 Å². The molecule has 9 nitrogen and oxygen atoms in total. The van der Waals surface area contributed by atoms with Crippen molar-refractivity contribution in [1.29, 1.82) is 0 Å². The quantitative estimate of drug-likeness (QED) is 0.262. The summed E-state index contributed by atoms with van der Waals surface area (Å²) in [6.07, 6.45) is -6.05. The number of oxazole rings is 1. The number of alkyl halides is 3. The standard InChI is InChI=1S/C26H20BrF5N4O5/c1-35-10-2-3-15(35)11-36(25(38)39)12-18(40-17-9-8-16(28)19(20(17)29)23(33)37)24-34-21(22(27)41-24)13-4-6-14(7-5-13)26(30,31)32/h2-10,18H,11-12H2,1H3,(H2,33,37)(H,38,39)/p-1. The van der Waals surface area contributed by atoms with Crippen molar-refractivity contribution in [2.45, 2.75) is 18.8 Å². The number of amides is 2. The Kier molecular flexibility index (Phi) is 8.37.